The Kier molecular flexibility index (Phi) is 8.82. The van der Waals surface area contributed by atoms with Crippen molar-refractivity contribution < 1.29 is 23.9 Å². The van der Waals surface area contributed by atoms with E-state index in [1.807, 2.05) is 18.2 Å². The number of ether oxygens (including phenoxy) is 2. The van der Waals surface area contributed by atoms with E-state index < -0.39 is 31.6 Å². The van der Waals surface area contributed by atoms with E-state index >= 15 is 0 Å². The van der Waals surface area contributed by atoms with E-state index in [9.17, 15) is 14.4 Å². The molecule has 0 aliphatic heterocycles. The zero-order chi connectivity index (χ0) is 22.2. The molecule has 0 heterocycles. The third-order valence-corrected chi connectivity index (χ3v) is 7.53. The van der Waals surface area contributed by atoms with Crippen LogP contribution in [0.2, 0.25) is 19.1 Å². The average Bonchev–Trinajstić information content (AvgIpc) is 2.60. The van der Waals surface area contributed by atoms with Crippen molar-refractivity contribution in [3.8, 4) is 0 Å². The summed E-state index contributed by atoms with van der Waals surface area (Å²) in [5, 5.41) is 1.31. The normalized spacial score (nSPS) is 11.5. The molecule has 0 unspecified atom stereocenters. The first-order valence-electron chi connectivity index (χ1n) is 9.83. The standard InChI is InChI=1S/C22H33NO5Si/c1-8-16-29(6,7)18-12-10-17(11-13-18)14-15-23(19(24)20(25)27-9-2)21(26)28-22(3,4)5/h8,10-13H,1,9,14-16H2,2-7H3. The molecule has 160 valence electrons. The first-order chi connectivity index (χ1) is 13.4. The smallest absolute Gasteiger partial charge is 0.417 e. The lowest BCUT2D eigenvalue weighted by Crippen LogP contribution is -2.45. The molecule has 6 nitrogen and oxygen atoms in total. The van der Waals surface area contributed by atoms with Gasteiger partial charge in [0.15, 0.2) is 0 Å². The van der Waals surface area contributed by atoms with Crippen LogP contribution in [0.4, 0.5) is 4.79 Å². The Morgan fingerprint density at radius 3 is 2.21 bits per heavy atom. The minimum atomic E-state index is -1.55. The van der Waals surface area contributed by atoms with Crippen molar-refractivity contribution in [2.24, 2.45) is 0 Å². The minimum Gasteiger partial charge on any atom is -0.459 e. The third kappa shape index (κ3) is 7.85. The fourth-order valence-electron chi connectivity index (χ4n) is 2.74. The van der Waals surface area contributed by atoms with Gasteiger partial charge in [0.25, 0.3) is 0 Å². The van der Waals surface area contributed by atoms with Gasteiger partial charge in [-0.1, -0.05) is 48.6 Å². The number of benzene rings is 1. The molecule has 0 aliphatic carbocycles. The zero-order valence-electron chi connectivity index (χ0n) is 18.4. The predicted molar refractivity (Wildman–Crippen MR) is 117 cm³/mol. The van der Waals surface area contributed by atoms with E-state index in [-0.39, 0.29) is 13.2 Å². The van der Waals surface area contributed by atoms with Gasteiger partial charge in [-0.05, 0) is 45.7 Å². The summed E-state index contributed by atoms with van der Waals surface area (Å²) in [5.41, 5.74) is 0.176. The fraction of sp³-hybridized carbons (Fsp3) is 0.500. The van der Waals surface area contributed by atoms with Gasteiger partial charge in [0, 0.05) is 6.54 Å². The molecule has 0 spiro atoms. The third-order valence-electron chi connectivity index (χ3n) is 4.32. The molecule has 0 bridgehead atoms. The summed E-state index contributed by atoms with van der Waals surface area (Å²) in [5.74, 6) is -2.08. The maximum absolute atomic E-state index is 12.5. The highest BCUT2D eigenvalue weighted by molar-refractivity contribution is 6.90. The highest BCUT2D eigenvalue weighted by Gasteiger charge is 2.32. The van der Waals surface area contributed by atoms with Crippen LogP contribution in [-0.2, 0) is 25.5 Å². The molecule has 1 rings (SSSR count). The number of allylic oxidation sites excluding steroid dienone is 1. The van der Waals surface area contributed by atoms with Gasteiger partial charge in [-0.2, -0.15) is 0 Å². The Hall–Kier alpha value is -2.41. The molecule has 2 amide bonds. The van der Waals surface area contributed by atoms with Gasteiger partial charge in [0.05, 0.1) is 14.7 Å². The number of rotatable bonds is 7. The molecule has 0 N–H and O–H groups in total. The second-order valence-electron chi connectivity index (χ2n) is 8.48. The summed E-state index contributed by atoms with van der Waals surface area (Å²) < 4.78 is 10.0. The largest absolute Gasteiger partial charge is 0.459 e. The molecule has 0 fully saturated rings. The van der Waals surface area contributed by atoms with Gasteiger partial charge in [-0.3, -0.25) is 4.79 Å². The summed E-state index contributed by atoms with van der Waals surface area (Å²) in [6.07, 6.45) is 1.51. The topological polar surface area (TPSA) is 72.9 Å². The van der Waals surface area contributed by atoms with Gasteiger partial charge >= 0.3 is 18.0 Å². The SMILES string of the molecule is C=CC[Si](C)(C)c1ccc(CCN(C(=O)OC(C)(C)C)C(=O)C(=O)OCC)cc1. The first-order valence-corrected chi connectivity index (χ1v) is 13.0. The Labute approximate surface area is 174 Å². The number of imide groups is 1. The molecule has 0 radical (unpaired) electrons. The Morgan fingerprint density at radius 2 is 1.72 bits per heavy atom. The summed E-state index contributed by atoms with van der Waals surface area (Å²) in [4.78, 5) is 37.5. The molecule has 1 aromatic carbocycles. The maximum atomic E-state index is 12.5. The van der Waals surface area contributed by atoms with Gasteiger partial charge < -0.3 is 9.47 Å². The van der Waals surface area contributed by atoms with Crippen molar-refractivity contribution in [2.45, 2.75) is 58.9 Å². The number of carbonyl (C=O) groups is 3. The number of esters is 1. The fourth-order valence-corrected chi connectivity index (χ4v) is 4.76. The van der Waals surface area contributed by atoms with E-state index in [0.717, 1.165) is 16.5 Å². The van der Waals surface area contributed by atoms with Crippen molar-refractivity contribution in [1.29, 1.82) is 0 Å². The van der Waals surface area contributed by atoms with Gasteiger partial charge in [-0.15, -0.1) is 6.58 Å². The van der Waals surface area contributed by atoms with Crippen molar-refractivity contribution in [1.82, 2.24) is 4.90 Å². The lowest BCUT2D eigenvalue weighted by Gasteiger charge is -2.25. The molecular weight excluding hydrogens is 386 g/mol. The van der Waals surface area contributed by atoms with Crippen LogP contribution in [0.3, 0.4) is 0 Å². The molecule has 7 heteroatoms. The second kappa shape index (κ2) is 10.4. The summed E-state index contributed by atoms with van der Waals surface area (Å²) >= 11 is 0. The van der Waals surface area contributed by atoms with Crippen LogP contribution in [0.15, 0.2) is 36.9 Å². The van der Waals surface area contributed by atoms with Crippen LogP contribution in [-0.4, -0.2) is 49.7 Å². The minimum absolute atomic E-state index is 0.0272. The van der Waals surface area contributed by atoms with E-state index in [1.165, 1.54) is 5.19 Å². The maximum Gasteiger partial charge on any atom is 0.417 e. The van der Waals surface area contributed by atoms with Crippen LogP contribution in [0, 0.1) is 0 Å². The zero-order valence-corrected chi connectivity index (χ0v) is 19.4. The van der Waals surface area contributed by atoms with Crippen molar-refractivity contribution in [3.05, 3.63) is 42.5 Å². The summed E-state index contributed by atoms with van der Waals surface area (Å²) in [6, 6.07) is 9.17. The van der Waals surface area contributed by atoms with E-state index in [4.69, 9.17) is 9.47 Å². The lowest BCUT2D eigenvalue weighted by atomic mass is 10.1. The van der Waals surface area contributed by atoms with E-state index in [2.05, 4.69) is 31.8 Å². The van der Waals surface area contributed by atoms with E-state index in [1.54, 1.807) is 27.7 Å². The molecule has 0 saturated heterocycles. The highest BCUT2D eigenvalue weighted by Crippen LogP contribution is 2.13. The Balaban J connectivity index is 2.94. The van der Waals surface area contributed by atoms with Crippen LogP contribution in [0.25, 0.3) is 0 Å². The number of carbonyl (C=O) groups excluding carboxylic acids is 3. The van der Waals surface area contributed by atoms with Gasteiger partial charge in [0.2, 0.25) is 0 Å². The summed E-state index contributed by atoms with van der Waals surface area (Å²) in [6.45, 7) is 15.2. The van der Waals surface area contributed by atoms with Crippen molar-refractivity contribution in [2.75, 3.05) is 13.2 Å². The average molecular weight is 420 g/mol. The molecule has 29 heavy (non-hydrogen) atoms. The monoisotopic (exact) mass is 419 g/mol. The first kappa shape index (κ1) is 24.6. The van der Waals surface area contributed by atoms with Crippen LogP contribution < -0.4 is 5.19 Å². The predicted octanol–water partition coefficient (Wildman–Crippen LogP) is 3.66. The van der Waals surface area contributed by atoms with E-state index in [0.29, 0.717) is 6.42 Å². The van der Waals surface area contributed by atoms with Gasteiger partial charge in [0.1, 0.15) is 5.60 Å². The quantitative estimate of drug-likeness (QED) is 0.292. The van der Waals surface area contributed by atoms with Crippen LogP contribution >= 0.6 is 0 Å². The second-order valence-corrected chi connectivity index (χ2v) is 13.2. The molecular formula is C22H33NO5Si. The lowest BCUT2D eigenvalue weighted by molar-refractivity contribution is -0.159. The summed E-state index contributed by atoms with van der Waals surface area (Å²) in [7, 11) is -1.55. The van der Waals surface area contributed by atoms with Gasteiger partial charge in [-0.25, -0.2) is 14.5 Å². The number of hydrogen-bond donors (Lipinski definition) is 0. The number of hydrogen-bond acceptors (Lipinski definition) is 5. The molecule has 0 atom stereocenters. The molecule has 0 aromatic heterocycles. The van der Waals surface area contributed by atoms with Crippen LogP contribution in [0.1, 0.15) is 33.3 Å². The number of amides is 2. The Morgan fingerprint density at radius 1 is 1.14 bits per heavy atom. The highest BCUT2D eigenvalue weighted by atomic mass is 28.3. The molecule has 0 aliphatic rings. The number of nitrogens with zero attached hydrogens (tertiary/aromatic N) is 1. The molecule has 1 aromatic rings. The van der Waals surface area contributed by atoms with Crippen molar-refractivity contribution in [3.63, 3.8) is 0 Å². The van der Waals surface area contributed by atoms with Crippen molar-refractivity contribution >= 4 is 31.2 Å². The van der Waals surface area contributed by atoms with Crippen LogP contribution in [0.5, 0.6) is 0 Å². The molecule has 0 saturated carbocycles. The Bertz CT molecular complexity index is 735.